The van der Waals surface area contributed by atoms with Crippen molar-refractivity contribution in [2.45, 2.75) is 32.2 Å². The summed E-state index contributed by atoms with van der Waals surface area (Å²) in [6.45, 7) is 8.62. The zero-order valence-corrected chi connectivity index (χ0v) is 20.4. The Bertz CT molecular complexity index is 1100. The molecule has 0 spiro atoms. The first kappa shape index (κ1) is 23.4. The predicted octanol–water partition coefficient (Wildman–Crippen LogP) is 5.81. The third-order valence-corrected chi connectivity index (χ3v) is 6.54. The topological polar surface area (TPSA) is 69.0 Å². The van der Waals surface area contributed by atoms with E-state index >= 15 is 0 Å². The number of anilines is 1. The molecule has 0 aliphatic rings. The van der Waals surface area contributed by atoms with Crippen LogP contribution in [0.15, 0.2) is 58.7 Å². The lowest BCUT2D eigenvalue weighted by molar-refractivity contribution is -0.113. The molecule has 0 bridgehead atoms. The fourth-order valence-electron chi connectivity index (χ4n) is 2.75. The summed E-state index contributed by atoms with van der Waals surface area (Å²) in [5, 5.41) is 12.5. The van der Waals surface area contributed by atoms with E-state index in [1.54, 1.807) is 24.3 Å². The van der Waals surface area contributed by atoms with Gasteiger partial charge in [-0.05, 0) is 65.2 Å². The highest BCUT2D eigenvalue weighted by Gasteiger charge is 2.15. The van der Waals surface area contributed by atoms with E-state index < -0.39 is 0 Å². The maximum atomic E-state index is 12.3. The lowest BCUT2D eigenvalue weighted by Crippen LogP contribution is -2.15. The summed E-state index contributed by atoms with van der Waals surface area (Å²) in [5.41, 5.74) is 2.82. The molecule has 1 aromatic heterocycles. The van der Waals surface area contributed by atoms with Crippen molar-refractivity contribution in [3.63, 3.8) is 0 Å². The molecule has 31 heavy (non-hydrogen) atoms. The minimum Gasteiger partial charge on any atom is -0.485 e. The summed E-state index contributed by atoms with van der Waals surface area (Å²) in [5.74, 6) is 1.50. The predicted molar refractivity (Wildman–Crippen MR) is 129 cm³/mol. The van der Waals surface area contributed by atoms with Crippen molar-refractivity contribution in [2.24, 2.45) is 0 Å². The molecule has 162 valence electrons. The van der Waals surface area contributed by atoms with E-state index in [0.29, 0.717) is 28.2 Å². The number of nitrogens with zero attached hydrogens (tertiary/aromatic N) is 3. The molecule has 2 aromatic carbocycles. The fourth-order valence-corrected chi connectivity index (χ4v) is 3.95. The first-order valence-corrected chi connectivity index (χ1v) is 11.6. The first-order chi connectivity index (χ1) is 14.9. The monoisotopic (exact) mass is 520 g/mol. The largest absolute Gasteiger partial charge is 0.485 e. The van der Waals surface area contributed by atoms with Gasteiger partial charge in [-0.3, -0.25) is 9.36 Å². The van der Waals surface area contributed by atoms with Crippen molar-refractivity contribution in [1.82, 2.24) is 14.8 Å². The number of ether oxygens (including phenoxy) is 1. The molecule has 6 nitrogen and oxygen atoms in total. The SMILES string of the molecule is C=CCn1c(COc2cc(C)ccc2C)nnc1SCC(=O)Nc1ccc(Br)c(Cl)c1. The Morgan fingerprint density at radius 3 is 2.84 bits per heavy atom. The molecule has 0 aliphatic heterocycles. The summed E-state index contributed by atoms with van der Waals surface area (Å²) in [6.07, 6.45) is 1.76. The summed E-state index contributed by atoms with van der Waals surface area (Å²) in [4.78, 5) is 12.3. The number of rotatable bonds is 9. The molecule has 0 unspecified atom stereocenters. The third-order valence-electron chi connectivity index (χ3n) is 4.34. The van der Waals surface area contributed by atoms with Gasteiger partial charge in [0.1, 0.15) is 12.4 Å². The van der Waals surface area contributed by atoms with Gasteiger partial charge in [0.05, 0.1) is 10.8 Å². The lowest BCUT2D eigenvalue weighted by Gasteiger charge is -2.11. The Kier molecular flexibility index (Phi) is 8.17. The van der Waals surface area contributed by atoms with Gasteiger partial charge in [0, 0.05) is 16.7 Å². The van der Waals surface area contributed by atoms with E-state index in [9.17, 15) is 4.79 Å². The summed E-state index contributed by atoms with van der Waals surface area (Å²) in [7, 11) is 0. The Morgan fingerprint density at radius 1 is 1.29 bits per heavy atom. The second kappa shape index (κ2) is 10.8. The van der Waals surface area contributed by atoms with E-state index in [0.717, 1.165) is 21.3 Å². The van der Waals surface area contributed by atoms with Gasteiger partial charge in [-0.1, -0.05) is 41.6 Å². The van der Waals surface area contributed by atoms with Gasteiger partial charge in [0.2, 0.25) is 5.91 Å². The van der Waals surface area contributed by atoms with Crippen LogP contribution in [0.25, 0.3) is 0 Å². The molecule has 0 aliphatic carbocycles. The molecule has 3 rings (SSSR count). The van der Waals surface area contributed by atoms with E-state index in [-0.39, 0.29) is 18.3 Å². The minimum atomic E-state index is -0.162. The number of thioether (sulfide) groups is 1. The highest BCUT2D eigenvalue weighted by molar-refractivity contribution is 9.10. The standard InChI is InChI=1S/C22H22BrClN4O2S/c1-4-9-28-20(12-30-19-10-14(2)5-6-15(19)3)26-27-22(28)31-13-21(29)25-16-7-8-17(23)18(24)11-16/h4-8,10-11H,1,9,12-13H2,2-3H3,(H,25,29). The van der Waals surface area contributed by atoms with Crippen molar-refractivity contribution in [3.8, 4) is 5.75 Å². The van der Waals surface area contributed by atoms with Crippen LogP contribution in [-0.2, 0) is 17.9 Å². The van der Waals surface area contributed by atoms with Crippen molar-refractivity contribution < 1.29 is 9.53 Å². The summed E-state index contributed by atoms with van der Waals surface area (Å²) < 4.78 is 8.64. The van der Waals surface area contributed by atoms with Gasteiger partial charge in [0.25, 0.3) is 0 Å². The van der Waals surface area contributed by atoms with E-state index in [1.807, 2.05) is 36.6 Å². The molecular weight excluding hydrogens is 500 g/mol. The zero-order valence-electron chi connectivity index (χ0n) is 17.2. The van der Waals surface area contributed by atoms with Gasteiger partial charge in [-0.2, -0.15) is 0 Å². The molecular formula is C22H22BrClN4O2S. The second-order valence-electron chi connectivity index (χ2n) is 6.82. The lowest BCUT2D eigenvalue weighted by atomic mass is 10.1. The molecule has 0 saturated heterocycles. The van der Waals surface area contributed by atoms with Crippen LogP contribution in [0.2, 0.25) is 5.02 Å². The highest BCUT2D eigenvalue weighted by atomic mass is 79.9. The Balaban J connectivity index is 1.64. The smallest absolute Gasteiger partial charge is 0.234 e. The Hall–Kier alpha value is -2.29. The molecule has 9 heteroatoms. The number of carbonyl (C=O) groups excluding carboxylic acids is 1. The van der Waals surface area contributed by atoms with Gasteiger partial charge < -0.3 is 10.1 Å². The number of benzene rings is 2. The van der Waals surface area contributed by atoms with E-state index in [1.165, 1.54) is 11.8 Å². The number of allylic oxidation sites excluding steroid dienone is 1. The van der Waals surface area contributed by atoms with Crippen LogP contribution in [-0.4, -0.2) is 26.4 Å². The van der Waals surface area contributed by atoms with Gasteiger partial charge in [-0.25, -0.2) is 0 Å². The molecule has 0 atom stereocenters. The van der Waals surface area contributed by atoms with Gasteiger partial charge in [-0.15, -0.1) is 16.8 Å². The number of aromatic nitrogens is 3. The molecule has 0 fully saturated rings. The first-order valence-electron chi connectivity index (χ1n) is 9.48. The van der Waals surface area contributed by atoms with Crippen LogP contribution in [0.1, 0.15) is 17.0 Å². The number of halogens is 2. The number of hydrogen-bond donors (Lipinski definition) is 1. The van der Waals surface area contributed by atoms with Crippen LogP contribution in [0.5, 0.6) is 5.75 Å². The van der Waals surface area contributed by atoms with Crippen molar-refractivity contribution in [1.29, 1.82) is 0 Å². The number of carbonyl (C=O) groups is 1. The summed E-state index contributed by atoms with van der Waals surface area (Å²) >= 11 is 10.7. The maximum Gasteiger partial charge on any atom is 0.234 e. The number of aryl methyl sites for hydroxylation is 2. The molecule has 3 aromatic rings. The van der Waals surface area contributed by atoms with Crippen LogP contribution in [0, 0.1) is 13.8 Å². The van der Waals surface area contributed by atoms with Crippen LogP contribution < -0.4 is 10.1 Å². The average molecular weight is 522 g/mol. The number of amides is 1. The van der Waals surface area contributed by atoms with Crippen LogP contribution >= 0.6 is 39.3 Å². The van der Waals surface area contributed by atoms with Crippen molar-refractivity contribution in [2.75, 3.05) is 11.1 Å². The van der Waals surface area contributed by atoms with Gasteiger partial charge in [0.15, 0.2) is 11.0 Å². The Morgan fingerprint density at radius 2 is 2.10 bits per heavy atom. The van der Waals surface area contributed by atoms with Crippen LogP contribution in [0.4, 0.5) is 5.69 Å². The molecule has 1 heterocycles. The quantitative estimate of drug-likeness (QED) is 0.284. The Labute approximate surface area is 199 Å². The number of nitrogens with one attached hydrogen (secondary N) is 1. The minimum absolute atomic E-state index is 0.162. The molecule has 0 saturated carbocycles. The molecule has 1 N–H and O–H groups in total. The van der Waals surface area contributed by atoms with Crippen molar-refractivity contribution in [3.05, 3.63) is 75.5 Å². The van der Waals surface area contributed by atoms with Crippen molar-refractivity contribution >= 4 is 50.9 Å². The molecule has 0 radical (unpaired) electrons. The second-order valence-corrected chi connectivity index (χ2v) is 9.03. The van der Waals surface area contributed by atoms with E-state index in [4.69, 9.17) is 16.3 Å². The summed E-state index contributed by atoms with van der Waals surface area (Å²) in [6, 6.07) is 11.3. The normalized spacial score (nSPS) is 10.7. The van der Waals surface area contributed by atoms with Crippen LogP contribution in [0.3, 0.4) is 0 Å². The third kappa shape index (κ3) is 6.35. The fraction of sp³-hybridized carbons (Fsp3) is 0.227. The number of hydrogen-bond acceptors (Lipinski definition) is 5. The van der Waals surface area contributed by atoms with E-state index in [2.05, 4.69) is 38.0 Å². The highest BCUT2D eigenvalue weighted by Crippen LogP contribution is 2.26. The maximum absolute atomic E-state index is 12.3. The average Bonchev–Trinajstić information content (AvgIpc) is 3.12. The zero-order chi connectivity index (χ0) is 22.4. The van der Waals surface area contributed by atoms with Gasteiger partial charge >= 0.3 is 0 Å². The molecule has 1 amide bonds.